The predicted molar refractivity (Wildman–Crippen MR) is 62.1 cm³/mol. The lowest BCUT2D eigenvalue weighted by molar-refractivity contribution is -0.137. The van der Waals surface area contributed by atoms with Crippen molar-refractivity contribution >= 4 is 11.3 Å². The van der Waals surface area contributed by atoms with E-state index in [1.54, 1.807) is 0 Å². The van der Waals surface area contributed by atoms with Crippen molar-refractivity contribution in [2.24, 2.45) is 0 Å². The third-order valence-corrected chi connectivity index (χ3v) is 3.65. The highest BCUT2D eigenvalue weighted by molar-refractivity contribution is 7.11. The number of nitrogens with zero attached hydrogens (tertiary/aromatic N) is 1. The molecule has 108 valence electrons. The highest BCUT2D eigenvalue weighted by Gasteiger charge is 2.35. The minimum absolute atomic E-state index is 0.0158. The van der Waals surface area contributed by atoms with Crippen LogP contribution in [-0.2, 0) is 12.6 Å². The molecule has 0 fully saturated rings. The molecule has 0 radical (unpaired) electrons. The Labute approximate surface area is 114 Å². The van der Waals surface area contributed by atoms with Crippen molar-refractivity contribution in [1.29, 1.82) is 0 Å². The molecule has 1 aromatic carbocycles. The predicted octanol–water partition coefficient (Wildman–Crippen LogP) is 3.72. The molecule has 2 aromatic rings. The maximum absolute atomic E-state index is 13.0. The van der Waals surface area contributed by atoms with E-state index in [9.17, 15) is 27.1 Å². The van der Waals surface area contributed by atoms with Crippen molar-refractivity contribution < 1.29 is 27.1 Å². The SMILES string of the molecule is OC(Cc1ccc(F)c(F)c1)c1cnc(C(F)(F)F)s1. The summed E-state index contributed by atoms with van der Waals surface area (Å²) in [6.45, 7) is 0. The van der Waals surface area contributed by atoms with Gasteiger partial charge in [-0.1, -0.05) is 6.07 Å². The second-order valence-corrected chi connectivity index (χ2v) is 5.10. The van der Waals surface area contributed by atoms with Crippen molar-refractivity contribution in [3.63, 3.8) is 0 Å². The number of thiazole rings is 1. The number of hydrogen-bond donors (Lipinski definition) is 1. The van der Waals surface area contributed by atoms with Crippen LogP contribution < -0.4 is 0 Å². The van der Waals surface area contributed by atoms with Gasteiger partial charge in [-0.3, -0.25) is 0 Å². The standard InChI is InChI=1S/C12H8F5NOS/c13-7-2-1-6(3-8(7)14)4-9(19)10-5-18-11(20-10)12(15,16)17/h1-3,5,9,19H,4H2. The van der Waals surface area contributed by atoms with E-state index >= 15 is 0 Å². The Morgan fingerprint density at radius 1 is 1.20 bits per heavy atom. The van der Waals surface area contributed by atoms with Crippen molar-refractivity contribution in [3.05, 3.63) is 51.5 Å². The summed E-state index contributed by atoms with van der Waals surface area (Å²) in [7, 11) is 0. The van der Waals surface area contributed by atoms with Crippen molar-refractivity contribution in [2.45, 2.75) is 18.7 Å². The summed E-state index contributed by atoms with van der Waals surface area (Å²) in [5, 5.41) is 8.74. The molecule has 8 heteroatoms. The van der Waals surface area contributed by atoms with E-state index in [1.165, 1.54) is 6.07 Å². The molecule has 0 aliphatic carbocycles. The van der Waals surface area contributed by atoms with Crippen LogP contribution in [0.2, 0.25) is 0 Å². The lowest BCUT2D eigenvalue weighted by Gasteiger charge is -2.08. The van der Waals surface area contributed by atoms with Gasteiger partial charge < -0.3 is 5.11 Å². The zero-order valence-electron chi connectivity index (χ0n) is 9.79. The Morgan fingerprint density at radius 3 is 2.45 bits per heavy atom. The lowest BCUT2D eigenvalue weighted by Crippen LogP contribution is -2.03. The van der Waals surface area contributed by atoms with Crippen LogP contribution in [0, 0.1) is 11.6 Å². The van der Waals surface area contributed by atoms with Gasteiger partial charge in [0.15, 0.2) is 16.6 Å². The number of aliphatic hydroxyl groups is 1. The first-order valence-corrected chi connectivity index (χ1v) is 6.24. The second-order valence-electron chi connectivity index (χ2n) is 4.03. The van der Waals surface area contributed by atoms with Crippen LogP contribution in [0.25, 0.3) is 0 Å². The van der Waals surface area contributed by atoms with Crippen LogP contribution in [0.1, 0.15) is 21.6 Å². The molecule has 2 rings (SSSR count). The summed E-state index contributed by atoms with van der Waals surface area (Å²) in [5.41, 5.74) is 0.276. The summed E-state index contributed by atoms with van der Waals surface area (Å²) in [6, 6.07) is 3.04. The van der Waals surface area contributed by atoms with E-state index < -0.39 is 28.9 Å². The van der Waals surface area contributed by atoms with E-state index in [1.807, 2.05) is 0 Å². The molecule has 1 unspecified atom stereocenters. The smallest absolute Gasteiger partial charge is 0.387 e. The highest BCUT2D eigenvalue weighted by Crippen LogP contribution is 2.35. The zero-order chi connectivity index (χ0) is 14.9. The summed E-state index contributed by atoms with van der Waals surface area (Å²) < 4.78 is 62.8. The largest absolute Gasteiger partial charge is 0.443 e. The summed E-state index contributed by atoms with van der Waals surface area (Å²) in [6.07, 6.45) is -5.02. The monoisotopic (exact) mass is 309 g/mol. The highest BCUT2D eigenvalue weighted by atomic mass is 32.1. The maximum atomic E-state index is 13.0. The van der Waals surface area contributed by atoms with Gasteiger partial charge in [-0.25, -0.2) is 13.8 Å². The Balaban J connectivity index is 2.13. The van der Waals surface area contributed by atoms with E-state index in [-0.39, 0.29) is 16.9 Å². The number of aromatic nitrogens is 1. The molecule has 0 saturated heterocycles. The molecule has 20 heavy (non-hydrogen) atoms. The average molecular weight is 309 g/mol. The molecule has 1 aromatic heterocycles. The van der Waals surface area contributed by atoms with Crippen LogP contribution >= 0.6 is 11.3 Å². The number of halogens is 5. The van der Waals surface area contributed by atoms with Gasteiger partial charge in [0.1, 0.15) is 0 Å². The Bertz CT molecular complexity index is 610. The molecule has 0 bridgehead atoms. The molecule has 0 aliphatic rings. The zero-order valence-corrected chi connectivity index (χ0v) is 10.6. The molecule has 0 aliphatic heterocycles. The molecule has 0 amide bonds. The molecule has 0 spiro atoms. The van der Waals surface area contributed by atoms with Gasteiger partial charge in [0.05, 0.1) is 11.0 Å². The topological polar surface area (TPSA) is 33.1 Å². The van der Waals surface area contributed by atoms with E-state index in [2.05, 4.69) is 4.98 Å². The maximum Gasteiger partial charge on any atom is 0.443 e. The number of rotatable bonds is 3. The normalized spacial score (nSPS) is 13.5. The third kappa shape index (κ3) is 3.31. The Kier molecular flexibility index (Phi) is 4.05. The van der Waals surface area contributed by atoms with E-state index in [0.29, 0.717) is 11.3 Å². The first kappa shape index (κ1) is 14.9. The molecular formula is C12H8F5NOS. The first-order valence-electron chi connectivity index (χ1n) is 5.42. The summed E-state index contributed by atoms with van der Waals surface area (Å²) >= 11 is 0.321. The third-order valence-electron chi connectivity index (χ3n) is 2.51. The fraction of sp³-hybridized carbons (Fsp3) is 0.250. The molecule has 1 atom stereocenters. The van der Waals surface area contributed by atoms with Crippen LogP contribution in [0.3, 0.4) is 0 Å². The minimum Gasteiger partial charge on any atom is -0.387 e. The van der Waals surface area contributed by atoms with Gasteiger partial charge in [-0.2, -0.15) is 13.2 Å². The lowest BCUT2D eigenvalue weighted by atomic mass is 10.1. The van der Waals surface area contributed by atoms with Gasteiger partial charge in [0, 0.05) is 12.6 Å². The Morgan fingerprint density at radius 2 is 1.90 bits per heavy atom. The fourth-order valence-electron chi connectivity index (χ4n) is 1.56. The molecule has 1 N–H and O–H groups in total. The fourth-order valence-corrected chi connectivity index (χ4v) is 2.33. The van der Waals surface area contributed by atoms with Crippen LogP contribution in [0.4, 0.5) is 22.0 Å². The first-order chi connectivity index (χ1) is 9.27. The average Bonchev–Trinajstić information content (AvgIpc) is 2.83. The van der Waals surface area contributed by atoms with Gasteiger partial charge >= 0.3 is 6.18 Å². The quantitative estimate of drug-likeness (QED) is 0.877. The summed E-state index contributed by atoms with van der Waals surface area (Å²) in [4.78, 5) is 3.20. The van der Waals surface area contributed by atoms with Crippen molar-refractivity contribution in [1.82, 2.24) is 4.98 Å². The van der Waals surface area contributed by atoms with Gasteiger partial charge in [-0.05, 0) is 17.7 Å². The number of benzene rings is 1. The van der Waals surface area contributed by atoms with Crippen LogP contribution in [0.5, 0.6) is 0 Å². The second kappa shape index (κ2) is 5.45. The molecular weight excluding hydrogens is 301 g/mol. The molecule has 0 saturated carbocycles. The van der Waals surface area contributed by atoms with Gasteiger partial charge in [0.25, 0.3) is 0 Å². The van der Waals surface area contributed by atoms with E-state index in [4.69, 9.17) is 0 Å². The van der Waals surface area contributed by atoms with Gasteiger partial charge in [0.2, 0.25) is 0 Å². The van der Waals surface area contributed by atoms with Crippen molar-refractivity contribution in [2.75, 3.05) is 0 Å². The van der Waals surface area contributed by atoms with Crippen LogP contribution in [0.15, 0.2) is 24.4 Å². The number of alkyl halides is 3. The number of aliphatic hydroxyl groups excluding tert-OH is 1. The van der Waals surface area contributed by atoms with E-state index in [0.717, 1.165) is 18.3 Å². The molecule has 2 nitrogen and oxygen atoms in total. The minimum atomic E-state index is -4.56. The van der Waals surface area contributed by atoms with Crippen LogP contribution in [-0.4, -0.2) is 10.1 Å². The number of hydrogen-bond acceptors (Lipinski definition) is 3. The molecule has 1 heterocycles. The van der Waals surface area contributed by atoms with Gasteiger partial charge in [-0.15, -0.1) is 11.3 Å². The summed E-state index contributed by atoms with van der Waals surface area (Å²) in [5.74, 6) is -2.10. The van der Waals surface area contributed by atoms with Crippen molar-refractivity contribution in [3.8, 4) is 0 Å². The Hall–Kier alpha value is -1.54.